The van der Waals surface area contributed by atoms with Crippen LogP contribution in [0.5, 0.6) is 5.75 Å². The number of aromatic nitrogens is 2. The van der Waals surface area contributed by atoms with Crippen molar-refractivity contribution in [2.24, 2.45) is 0 Å². The van der Waals surface area contributed by atoms with E-state index in [4.69, 9.17) is 4.74 Å². The number of nitrogens with zero attached hydrogens (tertiary/aromatic N) is 2. The third-order valence-corrected chi connectivity index (χ3v) is 1.67. The lowest BCUT2D eigenvalue weighted by molar-refractivity contribution is 0.296. The van der Waals surface area contributed by atoms with E-state index in [0.29, 0.717) is 12.4 Å². The molecule has 2 aromatic rings. The Morgan fingerprint density at radius 2 is 1.86 bits per heavy atom. The highest BCUT2D eigenvalue weighted by Gasteiger charge is 1.95. The van der Waals surface area contributed by atoms with Crippen LogP contribution in [0.4, 0.5) is 0 Å². The van der Waals surface area contributed by atoms with Gasteiger partial charge < -0.3 is 4.74 Å². The molecule has 0 saturated carbocycles. The molecule has 0 aliphatic rings. The van der Waals surface area contributed by atoms with Gasteiger partial charge in [-0.1, -0.05) is 12.1 Å². The van der Waals surface area contributed by atoms with Crippen molar-refractivity contribution in [1.29, 1.82) is 0 Å². The van der Waals surface area contributed by atoms with Gasteiger partial charge >= 0.3 is 0 Å². The zero-order chi connectivity index (χ0) is 9.64. The van der Waals surface area contributed by atoms with Crippen molar-refractivity contribution in [3.63, 3.8) is 0 Å². The second kappa shape index (κ2) is 4.37. The van der Waals surface area contributed by atoms with Crippen LogP contribution >= 0.6 is 0 Å². The smallest absolute Gasteiger partial charge is 0.166 e. The van der Waals surface area contributed by atoms with Gasteiger partial charge in [-0.25, -0.2) is 9.97 Å². The molecule has 14 heavy (non-hydrogen) atoms. The predicted molar refractivity (Wildman–Crippen MR) is 51.6 cm³/mol. The summed E-state index contributed by atoms with van der Waals surface area (Å²) in [6.45, 7) is 0.394. The van der Waals surface area contributed by atoms with E-state index in [1.165, 1.54) is 0 Å². The largest absolute Gasteiger partial charge is 0.486 e. The summed E-state index contributed by atoms with van der Waals surface area (Å²) in [7, 11) is 0. The second-order valence-electron chi connectivity index (χ2n) is 2.69. The van der Waals surface area contributed by atoms with E-state index in [9.17, 15) is 0 Å². The first-order valence-corrected chi connectivity index (χ1v) is 4.30. The molecule has 0 atom stereocenters. The first kappa shape index (κ1) is 8.69. The van der Waals surface area contributed by atoms with Gasteiger partial charge in [-0.2, -0.15) is 0 Å². The maximum Gasteiger partial charge on any atom is 0.166 e. The number of rotatable bonds is 3. The fourth-order valence-electron chi connectivity index (χ4n) is 1.02. The van der Waals surface area contributed by atoms with Gasteiger partial charge in [-0.3, -0.25) is 0 Å². The number of benzene rings is 1. The second-order valence-corrected chi connectivity index (χ2v) is 2.69. The third kappa shape index (κ3) is 2.29. The predicted octanol–water partition coefficient (Wildman–Crippen LogP) is 1.86. The van der Waals surface area contributed by atoms with Crippen LogP contribution in [-0.2, 0) is 6.61 Å². The summed E-state index contributed by atoms with van der Waals surface area (Å²) < 4.78 is 5.45. The number of hydrogen-bond acceptors (Lipinski definition) is 3. The van der Waals surface area contributed by atoms with Gasteiger partial charge in [0.25, 0.3) is 0 Å². The molecule has 1 aromatic carbocycles. The van der Waals surface area contributed by atoms with Crippen LogP contribution in [-0.4, -0.2) is 9.97 Å². The summed E-state index contributed by atoms with van der Waals surface area (Å²) in [5.74, 6) is 1.48. The Kier molecular flexibility index (Phi) is 2.71. The molecule has 0 fully saturated rings. The molecule has 0 aliphatic carbocycles. The average Bonchev–Trinajstić information content (AvgIpc) is 2.29. The fourth-order valence-corrected chi connectivity index (χ4v) is 1.02. The van der Waals surface area contributed by atoms with Crippen molar-refractivity contribution < 1.29 is 4.74 Å². The molecule has 1 radical (unpaired) electrons. The first-order chi connectivity index (χ1) is 6.95. The Morgan fingerprint density at radius 3 is 2.57 bits per heavy atom. The molecule has 0 bridgehead atoms. The van der Waals surface area contributed by atoms with E-state index < -0.39 is 0 Å². The van der Waals surface area contributed by atoms with Crippen molar-refractivity contribution in [2.75, 3.05) is 0 Å². The Balaban J connectivity index is 1.96. The SMILES string of the molecule is [c]1ccc(OCc2ncccn2)cc1. The summed E-state index contributed by atoms with van der Waals surface area (Å²) in [6, 6.07) is 12.0. The van der Waals surface area contributed by atoms with Gasteiger partial charge in [0.1, 0.15) is 12.4 Å². The zero-order valence-corrected chi connectivity index (χ0v) is 7.55. The van der Waals surface area contributed by atoms with E-state index in [0.717, 1.165) is 5.75 Å². The molecule has 0 N–H and O–H groups in total. The number of ether oxygens (including phenoxy) is 1. The molecule has 0 spiro atoms. The van der Waals surface area contributed by atoms with Gasteiger partial charge in [0.05, 0.1) is 0 Å². The van der Waals surface area contributed by atoms with E-state index >= 15 is 0 Å². The van der Waals surface area contributed by atoms with Gasteiger partial charge in [-0.15, -0.1) is 0 Å². The minimum absolute atomic E-state index is 0.394. The van der Waals surface area contributed by atoms with Crippen molar-refractivity contribution in [3.8, 4) is 5.75 Å². The highest BCUT2D eigenvalue weighted by Crippen LogP contribution is 2.09. The topological polar surface area (TPSA) is 35.0 Å². The molecule has 69 valence electrons. The van der Waals surface area contributed by atoms with Gasteiger partial charge in [0, 0.05) is 12.4 Å². The van der Waals surface area contributed by atoms with Crippen molar-refractivity contribution in [3.05, 3.63) is 54.6 Å². The highest BCUT2D eigenvalue weighted by molar-refractivity contribution is 5.20. The van der Waals surface area contributed by atoms with Crippen LogP contribution in [0.15, 0.2) is 42.7 Å². The van der Waals surface area contributed by atoms with Crippen LogP contribution in [0.1, 0.15) is 5.82 Å². The van der Waals surface area contributed by atoms with E-state index in [1.54, 1.807) is 30.6 Å². The standard InChI is InChI=1S/C11H9N2O/c1-2-5-10(6-3-1)14-9-11-12-7-4-8-13-11/h2-8H,9H2. The summed E-state index contributed by atoms with van der Waals surface area (Å²) in [4.78, 5) is 8.10. The highest BCUT2D eigenvalue weighted by atomic mass is 16.5. The van der Waals surface area contributed by atoms with Crippen molar-refractivity contribution >= 4 is 0 Å². The average molecular weight is 185 g/mol. The number of hydrogen-bond donors (Lipinski definition) is 0. The first-order valence-electron chi connectivity index (χ1n) is 4.30. The Morgan fingerprint density at radius 1 is 1.14 bits per heavy atom. The Labute approximate surface area is 82.4 Å². The van der Waals surface area contributed by atoms with Crippen LogP contribution in [0.25, 0.3) is 0 Å². The summed E-state index contributed by atoms with van der Waals surface area (Å²) in [5.41, 5.74) is 0. The summed E-state index contributed by atoms with van der Waals surface area (Å²) >= 11 is 0. The van der Waals surface area contributed by atoms with Crippen LogP contribution in [0, 0.1) is 6.07 Å². The van der Waals surface area contributed by atoms with E-state index in [2.05, 4.69) is 16.0 Å². The zero-order valence-electron chi connectivity index (χ0n) is 7.55. The fraction of sp³-hybridized carbons (Fsp3) is 0.0909. The quantitative estimate of drug-likeness (QED) is 0.732. The summed E-state index contributed by atoms with van der Waals surface area (Å²) in [5, 5.41) is 0. The van der Waals surface area contributed by atoms with Gasteiger partial charge in [0.15, 0.2) is 5.82 Å². The lowest BCUT2D eigenvalue weighted by atomic mass is 10.3. The molecule has 0 aliphatic heterocycles. The van der Waals surface area contributed by atoms with Gasteiger partial charge in [0.2, 0.25) is 0 Å². The lowest BCUT2D eigenvalue weighted by Gasteiger charge is -2.03. The summed E-state index contributed by atoms with van der Waals surface area (Å²) in [6.07, 6.45) is 3.40. The maximum absolute atomic E-state index is 5.45. The van der Waals surface area contributed by atoms with Crippen LogP contribution in [0.3, 0.4) is 0 Å². The van der Waals surface area contributed by atoms with E-state index in [1.807, 2.05) is 12.1 Å². The molecule has 3 heteroatoms. The monoisotopic (exact) mass is 185 g/mol. The Hall–Kier alpha value is -1.90. The molecule has 0 unspecified atom stereocenters. The lowest BCUT2D eigenvalue weighted by Crippen LogP contribution is -1.99. The molecule has 0 saturated heterocycles. The molecule has 1 aromatic heterocycles. The van der Waals surface area contributed by atoms with Crippen molar-refractivity contribution in [2.45, 2.75) is 6.61 Å². The molecule has 2 rings (SSSR count). The van der Waals surface area contributed by atoms with Crippen molar-refractivity contribution in [1.82, 2.24) is 9.97 Å². The maximum atomic E-state index is 5.45. The van der Waals surface area contributed by atoms with E-state index in [-0.39, 0.29) is 0 Å². The minimum atomic E-state index is 0.394. The minimum Gasteiger partial charge on any atom is -0.486 e. The third-order valence-electron chi connectivity index (χ3n) is 1.67. The Bertz CT molecular complexity index is 336. The molecular formula is C11H9N2O. The molecule has 0 amide bonds. The normalized spacial score (nSPS) is 9.71. The molecule has 3 nitrogen and oxygen atoms in total. The molecule has 1 heterocycles. The van der Waals surface area contributed by atoms with Gasteiger partial charge in [-0.05, 0) is 24.3 Å². The molecular weight excluding hydrogens is 176 g/mol. The van der Waals surface area contributed by atoms with Crippen LogP contribution < -0.4 is 4.74 Å². The van der Waals surface area contributed by atoms with Crippen LogP contribution in [0.2, 0.25) is 0 Å².